The number of aromatic nitrogens is 2. The van der Waals surface area contributed by atoms with Gasteiger partial charge in [0.2, 0.25) is 0 Å². The molecule has 26 heavy (non-hydrogen) atoms. The molecule has 0 aliphatic carbocycles. The first-order valence-electron chi connectivity index (χ1n) is 8.98. The molecule has 0 saturated carbocycles. The highest BCUT2D eigenvalue weighted by Crippen LogP contribution is 2.14. The van der Waals surface area contributed by atoms with Gasteiger partial charge in [-0.15, -0.1) is 11.3 Å². The summed E-state index contributed by atoms with van der Waals surface area (Å²) >= 11 is 1.67. The molecule has 0 aliphatic heterocycles. The lowest BCUT2D eigenvalue weighted by atomic mass is 10.4. The smallest absolute Gasteiger partial charge is 0.322 e. The number of rotatable bonds is 11. The van der Waals surface area contributed by atoms with E-state index < -0.39 is 0 Å². The third kappa shape index (κ3) is 6.44. The van der Waals surface area contributed by atoms with Gasteiger partial charge >= 0.3 is 6.03 Å². The normalized spacial score (nSPS) is 11.1. The van der Waals surface area contributed by atoms with Gasteiger partial charge in [0.25, 0.3) is 0 Å². The zero-order chi connectivity index (χ0) is 18.8. The van der Waals surface area contributed by atoms with E-state index in [9.17, 15) is 4.79 Å². The first kappa shape index (κ1) is 20.4. The standard InChI is InChI=1S/C18H29N5O2S/c1-4-21(5-2)8-9-22(15-17-7-6-12-26-17)18(24)20-16-13-19-23(14-16)10-11-25-3/h6-7,12-14H,4-5,8-11,15H2,1-3H3,(H,20,24). The Kier molecular flexibility index (Phi) is 8.60. The van der Waals surface area contributed by atoms with Crippen LogP contribution in [0.4, 0.5) is 10.5 Å². The minimum Gasteiger partial charge on any atom is -0.383 e. The van der Waals surface area contributed by atoms with Gasteiger partial charge in [0.15, 0.2) is 0 Å². The molecule has 2 aromatic rings. The Balaban J connectivity index is 1.98. The van der Waals surface area contributed by atoms with E-state index in [1.165, 1.54) is 4.88 Å². The number of methoxy groups -OCH3 is 1. The maximum atomic E-state index is 12.8. The highest BCUT2D eigenvalue weighted by atomic mass is 32.1. The SMILES string of the molecule is CCN(CC)CCN(Cc1cccs1)C(=O)Nc1cnn(CCOC)c1. The Morgan fingerprint density at radius 3 is 2.81 bits per heavy atom. The number of nitrogens with zero attached hydrogens (tertiary/aromatic N) is 4. The fraction of sp³-hybridized carbons (Fsp3) is 0.556. The minimum absolute atomic E-state index is 0.100. The van der Waals surface area contributed by atoms with Crippen molar-refractivity contribution in [3.63, 3.8) is 0 Å². The van der Waals surface area contributed by atoms with E-state index in [0.29, 0.717) is 31.9 Å². The predicted molar refractivity (Wildman–Crippen MR) is 106 cm³/mol. The van der Waals surface area contributed by atoms with Crippen LogP contribution in [0, 0.1) is 0 Å². The number of urea groups is 1. The fourth-order valence-electron chi connectivity index (χ4n) is 2.58. The van der Waals surface area contributed by atoms with Crippen molar-refractivity contribution in [2.24, 2.45) is 0 Å². The first-order chi connectivity index (χ1) is 12.7. The van der Waals surface area contributed by atoms with Crippen LogP contribution in [0.15, 0.2) is 29.9 Å². The summed E-state index contributed by atoms with van der Waals surface area (Å²) in [6, 6.07) is 3.97. The lowest BCUT2D eigenvalue weighted by molar-refractivity contribution is 0.183. The monoisotopic (exact) mass is 379 g/mol. The molecule has 2 amide bonds. The number of anilines is 1. The summed E-state index contributed by atoms with van der Waals surface area (Å²) in [4.78, 5) is 18.1. The highest BCUT2D eigenvalue weighted by molar-refractivity contribution is 7.09. The van der Waals surface area contributed by atoms with E-state index in [2.05, 4.69) is 35.2 Å². The van der Waals surface area contributed by atoms with Crippen LogP contribution in [0.25, 0.3) is 0 Å². The number of hydrogen-bond acceptors (Lipinski definition) is 5. The van der Waals surface area contributed by atoms with E-state index in [1.54, 1.807) is 29.3 Å². The van der Waals surface area contributed by atoms with Gasteiger partial charge in [-0.3, -0.25) is 4.68 Å². The number of likely N-dealkylation sites (N-methyl/N-ethyl adjacent to an activating group) is 1. The second-order valence-corrected chi connectivity index (χ2v) is 6.98. The summed E-state index contributed by atoms with van der Waals surface area (Å²) in [6.45, 7) is 9.65. The number of ether oxygens (including phenoxy) is 1. The molecule has 0 bridgehead atoms. The van der Waals surface area contributed by atoms with Crippen LogP contribution < -0.4 is 5.32 Å². The molecule has 0 unspecified atom stereocenters. The topological polar surface area (TPSA) is 62.6 Å². The maximum Gasteiger partial charge on any atom is 0.322 e. The maximum absolute atomic E-state index is 12.8. The number of thiophene rings is 1. The van der Waals surface area contributed by atoms with Gasteiger partial charge in [-0.2, -0.15) is 5.10 Å². The molecule has 0 aromatic carbocycles. The summed E-state index contributed by atoms with van der Waals surface area (Å²) in [6.07, 6.45) is 3.49. The zero-order valence-electron chi connectivity index (χ0n) is 15.9. The number of carbonyl (C=O) groups is 1. The molecule has 2 heterocycles. The van der Waals surface area contributed by atoms with Crippen LogP contribution in [0.5, 0.6) is 0 Å². The van der Waals surface area contributed by atoms with Crippen molar-refractivity contribution >= 4 is 23.1 Å². The lowest BCUT2D eigenvalue weighted by Crippen LogP contribution is -2.40. The lowest BCUT2D eigenvalue weighted by Gasteiger charge is -2.26. The van der Waals surface area contributed by atoms with Gasteiger partial charge in [0.1, 0.15) is 0 Å². The van der Waals surface area contributed by atoms with Crippen LogP contribution >= 0.6 is 11.3 Å². The summed E-state index contributed by atoms with van der Waals surface area (Å²) in [5.41, 5.74) is 0.699. The molecule has 0 radical (unpaired) electrons. The van der Waals surface area contributed by atoms with Crippen LogP contribution in [-0.2, 0) is 17.8 Å². The first-order valence-corrected chi connectivity index (χ1v) is 9.86. The molecule has 0 spiro atoms. The fourth-order valence-corrected chi connectivity index (χ4v) is 3.30. The molecule has 1 N–H and O–H groups in total. The zero-order valence-corrected chi connectivity index (χ0v) is 16.7. The Morgan fingerprint density at radius 2 is 2.15 bits per heavy atom. The summed E-state index contributed by atoms with van der Waals surface area (Å²) in [7, 11) is 1.66. The van der Waals surface area contributed by atoms with Crippen molar-refractivity contribution in [2.45, 2.75) is 26.9 Å². The quantitative estimate of drug-likeness (QED) is 0.652. The number of nitrogens with one attached hydrogen (secondary N) is 1. The van der Waals surface area contributed by atoms with E-state index in [-0.39, 0.29) is 6.03 Å². The summed E-state index contributed by atoms with van der Waals surface area (Å²) in [5, 5.41) is 9.24. The molecule has 8 heteroatoms. The van der Waals surface area contributed by atoms with Gasteiger partial charge in [-0.25, -0.2) is 4.79 Å². The van der Waals surface area contributed by atoms with Gasteiger partial charge < -0.3 is 19.9 Å². The molecule has 2 aromatic heterocycles. The van der Waals surface area contributed by atoms with E-state index in [0.717, 1.165) is 19.6 Å². The Labute approximate surface area is 159 Å². The van der Waals surface area contributed by atoms with Crippen LogP contribution in [0.2, 0.25) is 0 Å². The molecule has 2 rings (SSSR count). The third-order valence-corrected chi connectivity index (χ3v) is 5.06. The number of carbonyl (C=O) groups excluding carboxylic acids is 1. The van der Waals surface area contributed by atoms with Crippen LogP contribution in [0.3, 0.4) is 0 Å². The molecule has 0 aliphatic rings. The van der Waals surface area contributed by atoms with Crippen LogP contribution in [0.1, 0.15) is 18.7 Å². The van der Waals surface area contributed by atoms with E-state index in [1.807, 2.05) is 22.5 Å². The number of amides is 2. The van der Waals surface area contributed by atoms with Crippen LogP contribution in [-0.4, -0.2) is 65.5 Å². The van der Waals surface area contributed by atoms with Gasteiger partial charge in [0.05, 0.1) is 31.6 Å². The minimum atomic E-state index is -0.100. The molecule has 0 saturated heterocycles. The Morgan fingerprint density at radius 1 is 1.35 bits per heavy atom. The molecule has 0 fully saturated rings. The second kappa shape index (κ2) is 10.9. The van der Waals surface area contributed by atoms with Gasteiger partial charge in [0, 0.05) is 31.3 Å². The molecular weight excluding hydrogens is 350 g/mol. The molecule has 0 atom stereocenters. The largest absolute Gasteiger partial charge is 0.383 e. The van der Waals surface area contributed by atoms with Crippen molar-refractivity contribution < 1.29 is 9.53 Å². The highest BCUT2D eigenvalue weighted by Gasteiger charge is 2.16. The molecule has 7 nitrogen and oxygen atoms in total. The molecular formula is C18H29N5O2S. The van der Waals surface area contributed by atoms with Gasteiger partial charge in [-0.1, -0.05) is 19.9 Å². The van der Waals surface area contributed by atoms with E-state index in [4.69, 9.17) is 4.74 Å². The second-order valence-electron chi connectivity index (χ2n) is 5.94. The summed E-state index contributed by atoms with van der Waals surface area (Å²) in [5.74, 6) is 0. The van der Waals surface area contributed by atoms with Gasteiger partial charge in [-0.05, 0) is 24.5 Å². The van der Waals surface area contributed by atoms with Crippen molar-refractivity contribution in [3.05, 3.63) is 34.8 Å². The van der Waals surface area contributed by atoms with E-state index >= 15 is 0 Å². The van der Waals surface area contributed by atoms with Crippen molar-refractivity contribution in [2.75, 3.05) is 45.2 Å². The van der Waals surface area contributed by atoms with Crippen molar-refractivity contribution in [1.29, 1.82) is 0 Å². The third-order valence-electron chi connectivity index (χ3n) is 4.20. The van der Waals surface area contributed by atoms with Crippen molar-refractivity contribution in [1.82, 2.24) is 19.6 Å². The summed E-state index contributed by atoms with van der Waals surface area (Å²) < 4.78 is 6.81. The van der Waals surface area contributed by atoms with Crippen molar-refractivity contribution in [3.8, 4) is 0 Å². The Bertz CT molecular complexity index is 640. The average Bonchev–Trinajstić information content (AvgIpc) is 3.31. The predicted octanol–water partition coefficient (Wildman–Crippen LogP) is 2.97. The Hall–Kier alpha value is -1.90. The number of hydrogen-bond donors (Lipinski definition) is 1. The molecule has 144 valence electrons. The average molecular weight is 380 g/mol.